The Hall–Kier alpha value is -2.12. The molecule has 3 aromatic rings. The van der Waals surface area contributed by atoms with Crippen LogP contribution >= 0.6 is 23.1 Å². The van der Waals surface area contributed by atoms with Crippen molar-refractivity contribution in [3.8, 4) is 11.1 Å². The zero-order valence-electron chi connectivity index (χ0n) is 14.3. The Morgan fingerprint density at radius 1 is 1.28 bits per heavy atom. The normalized spacial score (nSPS) is 11.8. The van der Waals surface area contributed by atoms with Crippen molar-refractivity contribution in [3.63, 3.8) is 0 Å². The molecule has 7 heteroatoms. The van der Waals surface area contributed by atoms with Crippen LogP contribution in [0, 0.1) is 13.8 Å². The maximum atomic E-state index is 12.6. The van der Waals surface area contributed by atoms with E-state index in [9.17, 15) is 14.7 Å². The van der Waals surface area contributed by atoms with Crippen LogP contribution in [0.15, 0.2) is 33.5 Å². The molecule has 130 valence electrons. The Morgan fingerprint density at radius 3 is 2.64 bits per heavy atom. The Bertz CT molecular complexity index is 1030. The molecule has 0 aliphatic rings. The molecule has 0 fully saturated rings. The largest absolute Gasteiger partial charge is 0.480 e. The van der Waals surface area contributed by atoms with Crippen LogP contribution in [0.4, 0.5) is 0 Å². The Kier molecular flexibility index (Phi) is 4.47. The number of nitrogens with one attached hydrogen (secondary N) is 1. The molecule has 0 radical (unpaired) electrons. The maximum Gasteiger partial charge on any atom is 0.319 e. The van der Waals surface area contributed by atoms with Crippen LogP contribution in [0.3, 0.4) is 0 Å². The number of hydrogen-bond donors (Lipinski definition) is 2. The molecule has 25 heavy (non-hydrogen) atoms. The molecule has 2 heterocycles. The number of fused-ring (bicyclic) bond motifs is 1. The van der Waals surface area contributed by atoms with Crippen molar-refractivity contribution in [2.75, 3.05) is 0 Å². The molecule has 0 amide bonds. The highest BCUT2D eigenvalue weighted by molar-refractivity contribution is 8.01. The van der Waals surface area contributed by atoms with Gasteiger partial charge in [0, 0.05) is 10.9 Å². The number of rotatable bonds is 4. The van der Waals surface area contributed by atoms with Crippen LogP contribution in [-0.4, -0.2) is 25.8 Å². The van der Waals surface area contributed by atoms with Crippen molar-refractivity contribution in [2.24, 2.45) is 0 Å². The minimum Gasteiger partial charge on any atom is -0.480 e. The lowest BCUT2D eigenvalue weighted by atomic mass is 9.99. The first-order chi connectivity index (χ1) is 11.7. The highest BCUT2D eigenvalue weighted by atomic mass is 32.2. The Morgan fingerprint density at radius 2 is 2.00 bits per heavy atom. The summed E-state index contributed by atoms with van der Waals surface area (Å²) in [7, 11) is 0. The minimum atomic E-state index is -1.07. The van der Waals surface area contributed by atoms with E-state index in [1.165, 1.54) is 16.9 Å². The highest BCUT2D eigenvalue weighted by Gasteiger charge is 2.30. The van der Waals surface area contributed by atoms with E-state index in [1.54, 1.807) is 13.8 Å². The number of carboxylic acid groups (broad SMARTS) is 1. The Labute approximate surface area is 153 Å². The van der Waals surface area contributed by atoms with Gasteiger partial charge in [-0.2, -0.15) is 0 Å². The summed E-state index contributed by atoms with van der Waals surface area (Å²) in [5.41, 5.74) is 3.90. The zero-order chi connectivity index (χ0) is 18.4. The molecule has 1 aromatic carbocycles. The van der Waals surface area contributed by atoms with E-state index in [0.29, 0.717) is 15.4 Å². The van der Waals surface area contributed by atoms with E-state index >= 15 is 0 Å². The number of aliphatic carboxylic acids is 1. The molecular formula is C18H18N2O3S2. The topological polar surface area (TPSA) is 83.0 Å². The fourth-order valence-corrected chi connectivity index (χ4v) is 4.42. The lowest BCUT2D eigenvalue weighted by Gasteiger charge is -2.17. The average molecular weight is 374 g/mol. The fraction of sp³-hybridized carbons (Fsp3) is 0.278. The van der Waals surface area contributed by atoms with Crippen LogP contribution < -0.4 is 5.56 Å². The van der Waals surface area contributed by atoms with Gasteiger partial charge >= 0.3 is 5.97 Å². The van der Waals surface area contributed by atoms with Crippen molar-refractivity contribution < 1.29 is 9.90 Å². The first kappa shape index (κ1) is 17.7. The van der Waals surface area contributed by atoms with Gasteiger partial charge in [-0.15, -0.1) is 11.3 Å². The van der Waals surface area contributed by atoms with Gasteiger partial charge in [-0.25, -0.2) is 4.98 Å². The second kappa shape index (κ2) is 6.31. The fourth-order valence-electron chi connectivity index (χ4n) is 2.58. The van der Waals surface area contributed by atoms with Gasteiger partial charge in [-0.3, -0.25) is 9.59 Å². The number of carbonyl (C=O) groups is 1. The van der Waals surface area contributed by atoms with Gasteiger partial charge in [0.25, 0.3) is 5.56 Å². The molecule has 3 rings (SSSR count). The molecule has 0 unspecified atom stereocenters. The summed E-state index contributed by atoms with van der Waals surface area (Å²) in [5.74, 6) is -0.956. The number of aromatic amines is 1. The molecule has 5 nitrogen and oxygen atoms in total. The molecule has 0 atom stereocenters. The summed E-state index contributed by atoms with van der Waals surface area (Å²) in [6.07, 6.45) is 0. The van der Waals surface area contributed by atoms with E-state index < -0.39 is 10.7 Å². The summed E-state index contributed by atoms with van der Waals surface area (Å²) < 4.78 is -1.07. The van der Waals surface area contributed by atoms with Gasteiger partial charge in [-0.05, 0) is 38.8 Å². The van der Waals surface area contributed by atoms with Crippen LogP contribution in [0.5, 0.6) is 0 Å². The Balaban J connectivity index is 2.11. The lowest BCUT2D eigenvalue weighted by Crippen LogP contribution is -2.27. The van der Waals surface area contributed by atoms with E-state index in [1.807, 2.05) is 31.4 Å². The molecule has 0 saturated heterocycles. The van der Waals surface area contributed by atoms with E-state index in [4.69, 9.17) is 0 Å². The molecule has 0 aliphatic heterocycles. The summed E-state index contributed by atoms with van der Waals surface area (Å²) >= 11 is 2.43. The number of nitrogens with zero attached hydrogens (tertiary/aromatic N) is 1. The zero-order valence-corrected chi connectivity index (χ0v) is 16.0. The van der Waals surface area contributed by atoms with Crippen molar-refractivity contribution >= 4 is 39.3 Å². The van der Waals surface area contributed by atoms with Crippen LogP contribution in [-0.2, 0) is 4.79 Å². The summed E-state index contributed by atoms with van der Waals surface area (Å²) in [6, 6.07) is 6.12. The molecule has 0 spiro atoms. The number of H-pyrrole nitrogens is 1. The minimum absolute atomic E-state index is 0.245. The van der Waals surface area contributed by atoms with Crippen LogP contribution in [0.2, 0.25) is 0 Å². The molecule has 2 N–H and O–H groups in total. The first-order valence-corrected chi connectivity index (χ1v) is 9.40. The molecule has 2 aromatic heterocycles. The van der Waals surface area contributed by atoms with Gasteiger partial charge in [-0.1, -0.05) is 35.5 Å². The standard InChI is InChI=1S/C18H18N2O3S2/c1-9-5-6-11(10(2)7-9)12-8-24-15-13(12)14(21)19-17(20-15)25-18(3,4)16(22)23/h5-8H,1-4H3,(H,22,23)(H,19,20,21). The van der Waals surface area contributed by atoms with Gasteiger partial charge < -0.3 is 10.1 Å². The maximum absolute atomic E-state index is 12.6. The van der Waals surface area contributed by atoms with Gasteiger partial charge in [0.15, 0.2) is 5.16 Å². The molecular weight excluding hydrogens is 356 g/mol. The van der Waals surface area contributed by atoms with Gasteiger partial charge in [0.05, 0.1) is 5.39 Å². The van der Waals surface area contributed by atoms with E-state index in [0.717, 1.165) is 28.5 Å². The number of benzene rings is 1. The number of carboxylic acids is 1. The van der Waals surface area contributed by atoms with Crippen molar-refractivity contribution in [1.29, 1.82) is 0 Å². The molecule has 0 bridgehead atoms. The highest BCUT2D eigenvalue weighted by Crippen LogP contribution is 2.35. The molecule has 0 saturated carbocycles. The van der Waals surface area contributed by atoms with E-state index in [-0.39, 0.29) is 5.56 Å². The van der Waals surface area contributed by atoms with Crippen molar-refractivity contribution in [2.45, 2.75) is 37.6 Å². The smallest absolute Gasteiger partial charge is 0.319 e. The lowest BCUT2D eigenvalue weighted by molar-refractivity contribution is -0.138. The third kappa shape index (κ3) is 3.34. The number of hydrogen-bond acceptors (Lipinski definition) is 5. The van der Waals surface area contributed by atoms with Crippen LogP contribution in [0.1, 0.15) is 25.0 Å². The van der Waals surface area contributed by atoms with Gasteiger partial charge in [0.2, 0.25) is 0 Å². The molecule has 0 aliphatic carbocycles. The van der Waals surface area contributed by atoms with Crippen LogP contribution in [0.25, 0.3) is 21.3 Å². The second-order valence-electron chi connectivity index (χ2n) is 6.44. The van der Waals surface area contributed by atoms with Gasteiger partial charge in [0.1, 0.15) is 9.58 Å². The quantitative estimate of drug-likeness (QED) is 0.528. The predicted octanol–water partition coefficient (Wildman–Crippen LogP) is 4.22. The average Bonchev–Trinajstić information content (AvgIpc) is 2.90. The van der Waals surface area contributed by atoms with Crippen molar-refractivity contribution in [3.05, 3.63) is 45.1 Å². The third-order valence-corrected chi connectivity index (χ3v) is 5.91. The number of aromatic nitrogens is 2. The number of thioether (sulfide) groups is 1. The number of thiophene rings is 1. The first-order valence-electron chi connectivity index (χ1n) is 7.70. The summed E-state index contributed by atoms with van der Waals surface area (Å²) in [5, 5.41) is 12.1. The third-order valence-electron chi connectivity index (χ3n) is 3.96. The monoisotopic (exact) mass is 374 g/mol. The predicted molar refractivity (Wildman–Crippen MR) is 103 cm³/mol. The van der Waals surface area contributed by atoms with E-state index in [2.05, 4.69) is 16.0 Å². The summed E-state index contributed by atoms with van der Waals surface area (Å²) in [6.45, 7) is 7.22. The summed E-state index contributed by atoms with van der Waals surface area (Å²) in [4.78, 5) is 31.7. The second-order valence-corrected chi connectivity index (χ2v) is 8.91. The number of aryl methyl sites for hydroxylation is 2. The van der Waals surface area contributed by atoms with Crippen molar-refractivity contribution in [1.82, 2.24) is 9.97 Å². The SMILES string of the molecule is Cc1ccc(-c2csc3nc(SC(C)(C)C(=O)O)[nH]c(=O)c23)c(C)c1.